The topological polar surface area (TPSA) is 114 Å². The summed E-state index contributed by atoms with van der Waals surface area (Å²) in [5, 5.41) is 2.90. The van der Waals surface area contributed by atoms with E-state index < -0.39 is 16.0 Å². The summed E-state index contributed by atoms with van der Waals surface area (Å²) in [7, 11) is -3.65. The zero-order valence-corrected chi connectivity index (χ0v) is 15.9. The molecule has 0 aromatic heterocycles. The van der Waals surface area contributed by atoms with Crippen molar-refractivity contribution >= 4 is 27.7 Å². The van der Waals surface area contributed by atoms with Crippen molar-refractivity contribution in [3.63, 3.8) is 0 Å². The van der Waals surface area contributed by atoms with Crippen molar-refractivity contribution in [1.29, 1.82) is 0 Å². The summed E-state index contributed by atoms with van der Waals surface area (Å²) in [4.78, 5) is 27.9. The number of rotatable bonds is 5. The molecule has 1 heterocycles. The van der Waals surface area contributed by atoms with Gasteiger partial charge in [0.1, 0.15) is 12.4 Å². The normalized spacial score (nSPS) is 24.7. The molecule has 9 heteroatoms. The van der Waals surface area contributed by atoms with Crippen LogP contribution in [0.25, 0.3) is 0 Å². The molecule has 0 unspecified atom stereocenters. The summed E-state index contributed by atoms with van der Waals surface area (Å²) in [5.41, 5.74) is 0.411. The molecule has 3 rings (SSSR count). The predicted molar refractivity (Wildman–Crippen MR) is 98.7 cm³/mol. The molecule has 1 aliphatic carbocycles. The minimum atomic E-state index is -3.65. The average molecular weight is 393 g/mol. The Bertz CT molecular complexity index is 866. The molecule has 0 spiro atoms. The van der Waals surface area contributed by atoms with Crippen LogP contribution in [0.2, 0.25) is 0 Å². The standard InChI is InChI=1S/C18H23N3O5S/c1-12-6-2-4-8-14(12)20-16(22)11-26-17(23)10-19-18-13-7-3-5-9-15(13)27(24,25)21-18/h3,5,7,9,12,14H,2,4,6,8,10-11H2,1H3,(H,19,21)(H,20,22)/t12-,14-/m1/s1. The molecule has 1 saturated carbocycles. The van der Waals surface area contributed by atoms with Crippen LogP contribution in [0.1, 0.15) is 38.2 Å². The van der Waals surface area contributed by atoms with Gasteiger partial charge in [-0.1, -0.05) is 31.9 Å². The fourth-order valence-electron chi connectivity index (χ4n) is 3.37. The monoisotopic (exact) mass is 393 g/mol. The Kier molecular flexibility index (Phi) is 5.79. The summed E-state index contributed by atoms with van der Waals surface area (Å²) in [5.74, 6) is -0.511. The van der Waals surface area contributed by atoms with Crippen LogP contribution < -0.4 is 10.0 Å². The number of esters is 1. The summed E-state index contributed by atoms with van der Waals surface area (Å²) in [6, 6.07) is 6.49. The summed E-state index contributed by atoms with van der Waals surface area (Å²) < 4.78 is 31.2. The van der Waals surface area contributed by atoms with Crippen LogP contribution in [0, 0.1) is 5.92 Å². The fourth-order valence-corrected chi connectivity index (χ4v) is 4.62. The van der Waals surface area contributed by atoms with Gasteiger partial charge in [-0.15, -0.1) is 0 Å². The second-order valence-corrected chi connectivity index (χ2v) is 8.51. The van der Waals surface area contributed by atoms with Gasteiger partial charge in [0.05, 0.1) is 4.90 Å². The number of aliphatic imine (C=N–C) groups is 1. The van der Waals surface area contributed by atoms with Gasteiger partial charge in [-0.3, -0.25) is 19.3 Å². The lowest BCUT2D eigenvalue weighted by Crippen LogP contribution is -2.43. The molecule has 0 saturated heterocycles. The minimum absolute atomic E-state index is 0.100. The first-order valence-corrected chi connectivity index (χ1v) is 10.5. The largest absolute Gasteiger partial charge is 0.454 e. The third-order valence-electron chi connectivity index (χ3n) is 4.85. The lowest BCUT2D eigenvalue weighted by molar-refractivity contribution is -0.147. The maximum atomic E-state index is 12.0. The number of benzene rings is 1. The number of hydrogen-bond donors (Lipinski definition) is 2. The van der Waals surface area contributed by atoms with E-state index in [4.69, 9.17) is 4.74 Å². The van der Waals surface area contributed by atoms with Gasteiger partial charge < -0.3 is 10.1 Å². The van der Waals surface area contributed by atoms with Crippen molar-refractivity contribution in [3.05, 3.63) is 29.8 Å². The quantitative estimate of drug-likeness (QED) is 0.724. The second-order valence-electron chi connectivity index (χ2n) is 6.86. The minimum Gasteiger partial charge on any atom is -0.454 e. The molecular weight excluding hydrogens is 370 g/mol. The Morgan fingerprint density at radius 3 is 2.78 bits per heavy atom. The van der Waals surface area contributed by atoms with Gasteiger partial charge in [-0.25, -0.2) is 8.42 Å². The first-order chi connectivity index (χ1) is 12.9. The number of nitrogens with one attached hydrogen (secondary N) is 2. The van der Waals surface area contributed by atoms with Crippen LogP contribution >= 0.6 is 0 Å². The van der Waals surface area contributed by atoms with E-state index in [0.717, 1.165) is 19.3 Å². The second kappa shape index (κ2) is 8.08. The summed E-state index contributed by atoms with van der Waals surface area (Å²) >= 11 is 0. The SMILES string of the molecule is C[C@@H]1CCCC[C@H]1NC(=O)COC(=O)CN=C1NS(=O)(=O)c2ccccc21. The highest BCUT2D eigenvalue weighted by Crippen LogP contribution is 2.24. The Balaban J connectivity index is 1.50. The Morgan fingerprint density at radius 1 is 1.26 bits per heavy atom. The van der Waals surface area contributed by atoms with E-state index in [1.807, 2.05) is 0 Å². The summed E-state index contributed by atoms with van der Waals surface area (Å²) in [6.07, 6.45) is 4.29. The van der Waals surface area contributed by atoms with Crippen LogP contribution in [0.5, 0.6) is 0 Å². The molecule has 146 valence electrons. The first kappa shape index (κ1) is 19.3. The molecule has 1 aliphatic heterocycles. The van der Waals surface area contributed by atoms with Gasteiger partial charge in [0, 0.05) is 11.6 Å². The molecule has 1 aromatic rings. The summed E-state index contributed by atoms with van der Waals surface area (Å²) in [6.45, 7) is 1.36. The van der Waals surface area contributed by atoms with E-state index >= 15 is 0 Å². The van der Waals surface area contributed by atoms with Crippen LogP contribution in [0.3, 0.4) is 0 Å². The third kappa shape index (κ3) is 4.65. The maximum absolute atomic E-state index is 12.0. The molecule has 1 aromatic carbocycles. The fraction of sp³-hybridized carbons (Fsp3) is 0.500. The van der Waals surface area contributed by atoms with E-state index in [9.17, 15) is 18.0 Å². The number of fused-ring (bicyclic) bond motifs is 1. The van der Waals surface area contributed by atoms with Crippen LogP contribution in [-0.2, 0) is 24.3 Å². The van der Waals surface area contributed by atoms with Gasteiger partial charge in [0.25, 0.3) is 15.9 Å². The smallest absolute Gasteiger partial charge is 0.328 e. The van der Waals surface area contributed by atoms with E-state index in [1.165, 1.54) is 12.5 Å². The van der Waals surface area contributed by atoms with Crippen LogP contribution in [0.4, 0.5) is 0 Å². The van der Waals surface area contributed by atoms with Crippen molar-refractivity contribution < 1.29 is 22.7 Å². The van der Waals surface area contributed by atoms with Crippen molar-refractivity contribution in [2.24, 2.45) is 10.9 Å². The Morgan fingerprint density at radius 2 is 2.00 bits per heavy atom. The number of amides is 1. The van der Waals surface area contributed by atoms with Crippen LogP contribution in [-0.4, -0.2) is 45.3 Å². The molecular formula is C18H23N3O5S. The Labute approximate surface area is 158 Å². The lowest BCUT2D eigenvalue weighted by Gasteiger charge is -2.29. The first-order valence-electron chi connectivity index (χ1n) is 8.98. The average Bonchev–Trinajstić information content (AvgIpc) is 2.91. The Hall–Kier alpha value is -2.42. The van der Waals surface area contributed by atoms with Crippen molar-refractivity contribution in [2.45, 2.75) is 43.5 Å². The zero-order valence-electron chi connectivity index (χ0n) is 15.1. The van der Waals surface area contributed by atoms with E-state index in [2.05, 4.69) is 22.0 Å². The molecule has 2 aliphatic rings. The highest BCUT2D eigenvalue weighted by molar-refractivity contribution is 7.90. The molecule has 0 radical (unpaired) electrons. The van der Waals surface area contributed by atoms with Gasteiger partial charge >= 0.3 is 5.97 Å². The molecule has 2 N–H and O–H groups in total. The zero-order chi connectivity index (χ0) is 19.4. The number of ether oxygens (including phenoxy) is 1. The number of carbonyl (C=O) groups is 2. The molecule has 8 nitrogen and oxygen atoms in total. The van der Waals surface area contributed by atoms with Crippen molar-refractivity contribution in [1.82, 2.24) is 10.0 Å². The van der Waals surface area contributed by atoms with E-state index in [0.29, 0.717) is 11.5 Å². The molecule has 0 bridgehead atoms. The molecule has 1 amide bonds. The number of hydrogen-bond acceptors (Lipinski definition) is 6. The highest BCUT2D eigenvalue weighted by Gasteiger charge is 2.30. The highest BCUT2D eigenvalue weighted by atomic mass is 32.2. The lowest BCUT2D eigenvalue weighted by atomic mass is 9.86. The molecule has 2 atom stereocenters. The number of amidine groups is 1. The number of nitrogens with zero attached hydrogens (tertiary/aromatic N) is 1. The predicted octanol–water partition coefficient (Wildman–Crippen LogP) is 0.963. The number of sulfonamides is 1. The maximum Gasteiger partial charge on any atom is 0.328 e. The molecule has 27 heavy (non-hydrogen) atoms. The van der Waals surface area contributed by atoms with Gasteiger partial charge in [0.15, 0.2) is 6.61 Å². The van der Waals surface area contributed by atoms with Crippen molar-refractivity contribution in [2.75, 3.05) is 13.2 Å². The van der Waals surface area contributed by atoms with Crippen LogP contribution in [0.15, 0.2) is 34.2 Å². The van der Waals surface area contributed by atoms with E-state index in [-0.39, 0.29) is 35.8 Å². The van der Waals surface area contributed by atoms with Gasteiger partial charge in [0.2, 0.25) is 0 Å². The molecule has 1 fully saturated rings. The van der Waals surface area contributed by atoms with Gasteiger partial charge in [-0.05, 0) is 30.9 Å². The van der Waals surface area contributed by atoms with Gasteiger partial charge in [-0.2, -0.15) is 0 Å². The van der Waals surface area contributed by atoms with Crippen molar-refractivity contribution in [3.8, 4) is 0 Å². The van der Waals surface area contributed by atoms with E-state index in [1.54, 1.807) is 18.2 Å². The third-order valence-corrected chi connectivity index (χ3v) is 6.25. The number of carbonyl (C=O) groups excluding carboxylic acids is 2.